The van der Waals surface area contributed by atoms with Gasteiger partial charge in [0.15, 0.2) is 0 Å². The van der Waals surface area contributed by atoms with Crippen molar-refractivity contribution in [2.75, 3.05) is 13.1 Å². The maximum absolute atomic E-state index is 13.2. The van der Waals surface area contributed by atoms with Gasteiger partial charge in [0.1, 0.15) is 5.01 Å². The van der Waals surface area contributed by atoms with Crippen LogP contribution < -0.4 is 5.73 Å². The van der Waals surface area contributed by atoms with Crippen LogP contribution in [0.1, 0.15) is 20.7 Å². The largest absolute Gasteiger partial charge is 0.343 e. The molecule has 0 bridgehead atoms. The minimum Gasteiger partial charge on any atom is -0.343 e. The molecule has 39 heavy (non-hydrogen) atoms. The Kier molecular flexibility index (Phi) is 5.43. The fraction of sp³-hybridized carbons (Fsp3) is 0.0938. The van der Waals surface area contributed by atoms with Crippen LogP contribution in [0.25, 0.3) is 53.6 Å². The molecule has 1 aliphatic heterocycles. The smallest absolute Gasteiger partial charge is 0.261 e. The molecule has 0 fully saturated rings. The van der Waals surface area contributed by atoms with Crippen LogP contribution in [0.2, 0.25) is 0 Å². The zero-order valence-electron chi connectivity index (χ0n) is 21.1. The number of amides is 2. The summed E-state index contributed by atoms with van der Waals surface area (Å²) in [4.78, 5) is 32.6. The minimum absolute atomic E-state index is 0.197. The summed E-state index contributed by atoms with van der Waals surface area (Å²) < 4.78 is 3.34. The summed E-state index contributed by atoms with van der Waals surface area (Å²) in [5.41, 5.74) is 11.9. The molecule has 0 aliphatic carbocycles. The van der Waals surface area contributed by atoms with E-state index < -0.39 is 0 Å². The number of hydrogen-bond donors (Lipinski definition) is 1. The van der Waals surface area contributed by atoms with E-state index in [1.54, 1.807) is 17.4 Å². The average Bonchev–Trinajstić information content (AvgIpc) is 3.55. The first kappa shape index (κ1) is 23.5. The predicted octanol–water partition coefficient (Wildman–Crippen LogP) is 6.48. The Hall–Kier alpha value is -4.59. The number of imide groups is 1. The normalized spacial score (nSPS) is 13.2. The number of thiazole rings is 1. The third kappa shape index (κ3) is 3.55. The molecule has 0 saturated heterocycles. The molecule has 3 heterocycles. The average molecular weight is 529 g/mol. The number of fused-ring (bicyclic) bond motifs is 2. The second-order valence-corrected chi connectivity index (χ2v) is 10.7. The molecule has 0 atom stereocenters. The summed E-state index contributed by atoms with van der Waals surface area (Å²) in [6, 6.07) is 24.1. The van der Waals surface area contributed by atoms with Crippen LogP contribution >= 0.6 is 11.3 Å². The summed E-state index contributed by atoms with van der Waals surface area (Å²) in [7, 11) is 0. The number of benzene rings is 4. The molecule has 6 nitrogen and oxygen atoms in total. The Bertz CT molecular complexity index is 1930. The standard InChI is InChI=1S/C32H24N4O2S/c1-2-15-35-18-25(30-34-26-8-3-4-9-28(26)39-30)24-17-19(10-13-27(24)35)20-11-12-23-29-21(20)6-5-7-22(29)31(37)36(16-14-33)32(23)38/h2-13,17-18H,1,14-16,33H2. The quantitative estimate of drug-likeness (QED) is 0.198. The lowest BCUT2D eigenvalue weighted by atomic mass is 9.89. The lowest BCUT2D eigenvalue weighted by Gasteiger charge is -2.27. The highest BCUT2D eigenvalue weighted by atomic mass is 32.1. The first-order valence-electron chi connectivity index (χ1n) is 12.8. The zero-order chi connectivity index (χ0) is 26.7. The molecule has 2 N–H and O–H groups in total. The molecule has 4 aromatic carbocycles. The van der Waals surface area contributed by atoms with Crippen LogP contribution in [0.15, 0.2) is 91.6 Å². The molecule has 2 amide bonds. The second-order valence-electron chi connectivity index (χ2n) is 9.64. The Morgan fingerprint density at radius 1 is 0.872 bits per heavy atom. The lowest BCUT2D eigenvalue weighted by Crippen LogP contribution is -2.43. The van der Waals surface area contributed by atoms with E-state index in [0.717, 1.165) is 48.2 Å². The van der Waals surface area contributed by atoms with Crippen molar-refractivity contribution >= 4 is 55.0 Å². The SMILES string of the molecule is C=CCn1cc(-c2nc3ccccc3s2)c2cc(-c3ccc4c5c(cccc35)C(=O)N(CCN)C4=O)ccc21. The topological polar surface area (TPSA) is 81.2 Å². The van der Waals surface area contributed by atoms with Crippen molar-refractivity contribution in [2.45, 2.75) is 6.54 Å². The third-order valence-corrected chi connectivity index (χ3v) is 8.46. The van der Waals surface area contributed by atoms with E-state index in [9.17, 15) is 9.59 Å². The maximum atomic E-state index is 13.2. The molecule has 7 rings (SSSR count). The molecule has 0 unspecified atom stereocenters. The van der Waals surface area contributed by atoms with Crippen molar-refractivity contribution in [2.24, 2.45) is 5.73 Å². The first-order chi connectivity index (χ1) is 19.1. The first-order valence-corrected chi connectivity index (χ1v) is 13.6. The van der Waals surface area contributed by atoms with Gasteiger partial charge in [-0.25, -0.2) is 4.98 Å². The van der Waals surface area contributed by atoms with Crippen LogP contribution in [-0.2, 0) is 6.54 Å². The van der Waals surface area contributed by atoms with E-state index in [0.29, 0.717) is 23.1 Å². The fourth-order valence-corrected chi connectivity index (χ4v) is 6.63. The molecular weight excluding hydrogens is 504 g/mol. The number of carbonyl (C=O) groups excluding carboxylic acids is 2. The maximum Gasteiger partial charge on any atom is 0.261 e. The Morgan fingerprint density at radius 2 is 1.67 bits per heavy atom. The van der Waals surface area contributed by atoms with E-state index in [2.05, 4.69) is 41.6 Å². The molecular formula is C32H24N4O2S. The van der Waals surface area contributed by atoms with Gasteiger partial charge in [-0.2, -0.15) is 0 Å². The van der Waals surface area contributed by atoms with Gasteiger partial charge in [-0.15, -0.1) is 17.9 Å². The molecule has 1 aliphatic rings. The van der Waals surface area contributed by atoms with Crippen molar-refractivity contribution in [3.63, 3.8) is 0 Å². The van der Waals surface area contributed by atoms with Gasteiger partial charge in [-0.05, 0) is 52.9 Å². The van der Waals surface area contributed by atoms with E-state index in [-0.39, 0.29) is 24.9 Å². The number of nitrogens with two attached hydrogens (primary N) is 1. The number of hydrogen-bond acceptors (Lipinski definition) is 5. The highest BCUT2D eigenvalue weighted by Gasteiger charge is 2.32. The highest BCUT2D eigenvalue weighted by Crippen LogP contribution is 2.40. The summed E-state index contributed by atoms with van der Waals surface area (Å²) in [5, 5.41) is 3.64. The van der Waals surface area contributed by atoms with Crippen LogP contribution in [0, 0.1) is 0 Å². The molecule has 0 saturated carbocycles. The predicted molar refractivity (Wildman–Crippen MR) is 158 cm³/mol. The van der Waals surface area contributed by atoms with Crippen molar-refractivity contribution in [3.05, 3.63) is 103 Å². The Balaban J connectivity index is 1.44. The summed E-state index contributed by atoms with van der Waals surface area (Å²) >= 11 is 1.68. The Labute approximate surface area is 228 Å². The number of carbonyl (C=O) groups is 2. The number of nitrogens with zero attached hydrogens (tertiary/aromatic N) is 3. The van der Waals surface area contributed by atoms with Gasteiger partial charge < -0.3 is 10.3 Å². The zero-order valence-corrected chi connectivity index (χ0v) is 21.9. The van der Waals surface area contributed by atoms with Crippen molar-refractivity contribution in [3.8, 4) is 21.7 Å². The van der Waals surface area contributed by atoms with E-state index >= 15 is 0 Å². The van der Waals surface area contributed by atoms with Crippen molar-refractivity contribution in [1.29, 1.82) is 0 Å². The van der Waals surface area contributed by atoms with Crippen LogP contribution in [0.4, 0.5) is 0 Å². The fourth-order valence-electron chi connectivity index (χ4n) is 5.64. The van der Waals surface area contributed by atoms with Gasteiger partial charge in [0, 0.05) is 58.8 Å². The van der Waals surface area contributed by atoms with Gasteiger partial charge in [0.2, 0.25) is 0 Å². The van der Waals surface area contributed by atoms with E-state index in [4.69, 9.17) is 10.7 Å². The van der Waals surface area contributed by atoms with Crippen LogP contribution in [0.5, 0.6) is 0 Å². The molecule has 2 aromatic heterocycles. The number of aromatic nitrogens is 2. The molecule has 0 radical (unpaired) electrons. The number of para-hydroxylation sites is 1. The molecule has 190 valence electrons. The van der Waals surface area contributed by atoms with Gasteiger partial charge in [-0.1, -0.05) is 42.5 Å². The van der Waals surface area contributed by atoms with Crippen LogP contribution in [0.3, 0.4) is 0 Å². The monoisotopic (exact) mass is 528 g/mol. The Morgan fingerprint density at radius 3 is 2.46 bits per heavy atom. The highest BCUT2D eigenvalue weighted by molar-refractivity contribution is 7.21. The van der Waals surface area contributed by atoms with Gasteiger partial charge in [-0.3, -0.25) is 14.5 Å². The van der Waals surface area contributed by atoms with Gasteiger partial charge >= 0.3 is 0 Å². The van der Waals surface area contributed by atoms with Crippen molar-refractivity contribution in [1.82, 2.24) is 14.5 Å². The summed E-state index contributed by atoms with van der Waals surface area (Å²) in [5.74, 6) is -0.591. The molecule has 6 aromatic rings. The van der Waals surface area contributed by atoms with E-state index in [1.165, 1.54) is 4.90 Å². The molecule has 7 heteroatoms. The third-order valence-electron chi connectivity index (χ3n) is 7.39. The van der Waals surface area contributed by atoms with Crippen molar-refractivity contribution < 1.29 is 9.59 Å². The summed E-state index contributed by atoms with van der Waals surface area (Å²) in [6.45, 7) is 5.05. The number of allylic oxidation sites excluding steroid dienone is 1. The minimum atomic E-state index is -0.296. The second kappa shape index (κ2) is 9.01. The van der Waals surface area contributed by atoms with Gasteiger partial charge in [0.25, 0.3) is 11.8 Å². The molecule has 0 spiro atoms. The van der Waals surface area contributed by atoms with E-state index in [1.807, 2.05) is 48.5 Å². The summed E-state index contributed by atoms with van der Waals surface area (Å²) in [6.07, 6.45) is 4.04. The number of rotatable bonds is 6. The lowest BCUT2D eigenvalue weighted by molar-refractivity contribution is 0.0615. The van der Waals surface area contributed by atoms with Gasteiger partial charge in [0.05, 0.1) is 10.2 Å². The van der Waals surface area contributed by atoms with Crippen LogP contribution in [-0.4, -0.2) is 39.4 Å².